The van der Waals surface area contributed by atoms with Crippen molar-refractivity contribution >= 4 is 17.5 Å². The van der Waals surface area contributed by atoms with Crippen molar-refractivity contribution in [3.8, 4) is 11.5 Å². The SMILES string of the molecule is CCCc1cc(=O)[nH]c(SCC(=O)c2ccc(O)c(O)c2)n1. The van der Waals surface area contributed by atoms with Crippen molar-refractivity contribution in [1.82, 2.24) is 9.97 Å². The van der Waals surface area contributed by atoms with Gasteiger partial charge in [0.1, 0.15) is 0 Å². The summed E-state index contributed by atoms with van der Waals surface area (Å²) >= 11 is 1.13. The van der Waals surface area contributed by atoms with Gasteiger partial charge in [-0.25, -0.2) is 4.98 Å². The average molecular weight is 320 g/mol. The lowest BCUT2D eigenvalue weighted by Crippen LogP contribution is -2.11. The van der Waals surface area contributed by atoms with E-state index < -0.39 is 0 Å². The van der Waals surface area contributed by atoms with Crippen LogP contribution in [0.3, 0.4) is 0 Å². The van der Waals surface area contributed by atoms with Crippen LogP contribution in [0.5, 0.6) is 11.5 Å². The van der Waals surface area contributed by atoms with Gasteiger partial charge in [-0.3, -0.25) is 9.59 Å². The summed E-state index contributed by atoms with van der Waals surface area (Å²) in [7, 11) is 0. The average Bonchev–Trinajstić information content (AvgIpc) is 2.47. The highest BCUT2D eigenvalue weighted by atomic mass is 32.2. The molecule has 0 saturated carbocycles. The lowest BCUT2D eigenvalue weighted by molar-refractivity contribution is 0.102. The Bertz CT molecular complexity index is 743. The molecular weight excluding hydrogens is 304 g/mol. The van der Waals surface area contributed by atoms with Crippen LogP contribution < -0.4 is 5.56 Å². The fraction of sp³-hybridized carbons (Fsp3) is 0.267. The van der Waals surface area contributed by atoms with Crippen molar-refractivity contribution in [2.24, 2.45) is 0 Å². The second-order valence-electron chi connectivity index (χ2n) is 4.71. The number of rotatable bonds is 6. The quantitative estimate of drug-likeness (QED) is 0.326. The molecule has 0 atom stereocenters. The number of hydrogen-bond acceptors (Lipinski definition) is 6. The number of phenols is 2. The Hall–Kier alpha value is -2.28. The number of phenolic OH excluding ortho intramolecular Hbond substituents is 2. The molecule has 2 rings (SSSR count). The van der Waals surface area contributed by atoms with E-state index in [1.54, 1.807) is 0 Å². The Labute approximate surface area is 131 Å². The highest BCUT2D eigenvalue weighted by Gasteiger charge is 2.11. The number of H-pyrrole nitrogens is 1. The number of ketones is 1. The van der Waals surface area contributed by atoms with Gasteiger partial charge in [0.05, 0.1) is 5.75 Å². The van der Waals surface area contributed by atoms with E-state index in [-0.39, 0.29) is 34.2 Å². The van der Waals surface area contributed by atoms with E-state index >= 15 is 0 Å². The van der Waals surface area contributed by atoms with E-state index in [1.165, 1.54) is 24.3 Å². The third-order valence-electron chi connectivity index (χ3n) is 2.92. The maximum atomic E-state index is 12.0. The molecule has 0 spiro atoms. The number of carbonyl (C=O) groups is 1. The predicted octanol–water partition coefficient (Wildman–Crippen LogP) is 2.11. The molecule has 0 radical (unpaired) electrons. The zero-order valence-corrected chi connectivity index (χ0v) is 12.8. The number of carbonyl (C=O) groups excluding carboxylic acids is 1. The molecular formula is C15H16N2O4S. The van der Waals surface area contributed by atoms with Crippen molar-refractivity contribution in [3.05, 3.63) is 45.9 Å². The number of nitrogens with one attached hydrogen (secondary N) is 1. The second kappa shape index (κ2) is 7.13. The van der Waals surface area contributed by atoms with Crippen LogP contribution in [-0.4, -0.2) is 31.7 Å². The van der Waals surface area contributed by atoms with Crippen LogP contribution in [0.25, 0.3) is 0 Å². The van der Waals surface area contributed by atoms with Gasteiger partial charge < -0.3 is 15.2 Å². The normalized spacial score (nSPS) is 10.6. The molecule has 0 bridgehead atoms. The van der Waals surface area contributed by atoms with Crippen LogP contribution in [0.1, 0.15) is 29.4 Å². The molecule has 6 nitrogen and oxygen atoms in total. The maximum Gasteiger partial charge on any atom is 0.251 e. The fourth-order valence-corrected chi connectivity index (χ4v) is 2.64. The van der Waals surface area contributed by atoms with E-state index in [0.717, 1.165) is 18.2 Å². The minimum absolute atomic E-state index is 0.0722. The molecule has 1 heterocycles. The Kier molecular flexibility index (Phi) is 5.21. The molecule has 0 aliphatic heterocycles. The minimum atomic E-state index is -0.340. The number of Topliss-reactive ketones (excluding diaryl/α,β-unsaturated/α-hetero) is 1. The largest absolute Gasteiger partial charge is 0.504 e. The van der Waals surface area contributed by atoms with Gasteiger partial charge >= 0.3 is 0 Å². The zero-order chi connectivity index (χ0) is 16.1. The van der Waals surface area contributed by atoms with E-state index in [0.29, 0.717) is 17.3 Å². The number of hydrogen-bond donors (Lipinski definition) is 3. The van der Waals surface area contributed by atoms with Crippen LogP contribution in [0.4, 0.5) is 0 Å². The molecule has 0 unspecified atom stereocenters. The molecule has 0 aliphatic rings. The molecule has 1 aromatic carbocycles. The summed E-state index contributed by atoms with van der Waals surface area (Å²) in [5.74, 6) is -0.776. The Morgan fingerprint density at radius 2 is 2.05 bits per heavy atom. The highest BCUT2D eigenvalue weighted by Crippen LogP contribution is 2.25. The standard InChI is InChI=1S/C15H16N2O4S/c1-2-3-10-7-14(21)17-15(16-10)22-8-13(20)9-4-5-11(18)12(19)6-9/h4-7,18-19H,2-3,8H2,1H3,(H,16,17,21). The maximum absolute atomic E-state index is 12.0. The number of nitrogens with zero attached hydrogens (tertiary/aromatic N) is 1. The number of aromatic nitrogens is 2. The molecule has 7 heteroatoms. The predicted molar refractivity (Wildman–Crippen MR) is 83.7 cm³/mol. The number of aromatic hydroxyl groups is 2. The van der Waals surface area contributed by atoms with E-state index in [2.05, 4.69) is 9.97 Å². The molecule has 0 saturated heterocycles. The van der Waals surface area contributed by atoms with Crippen molar-refractivity contribution in [1.29, 1.82) is 0 Å². The minimum Gasteiger partial charge on any atom is -0.504 e. The lowest BCUT2D eigenvalue weighted by Gasteiger charge is -2.04. The Morgan fingerprint density at radius 3 is 2.73 bits per heavy atom. The first-order valence-corrected chi connectivity index (χ1v) is 7.76. The van der Waals surface area contributed by atoms with Gasteiger partial charge in [-0.05, 0) is 24.6 Å². The second-order valence-corrected chi connectivity index (χ2v) is 5.67. The fourth-order valence-electron chi connectivity index (χ4n) is 1.85. The molecule has 2 aromatic rings. The highest BCUT2D eigenvalue weighted by molar-refractivity contribution is 7.99. The van der Waals surface area contributed by atoms with Gasteiger partial charge in [-0.1, -0.05) is 25.1 Å². The molecule has 1 aromatic heterocycles. The summed E-state index contributed by atoms with van der Waals surface area (Å²) in [4.78, 5) is 30.4. The van der Waals surface area contributed by atoms with Gasteiger partial charge in [0.2, 0.25) is 0 Å². The lowest BCUT2D eigenvalue weighted by atomic mass is 10.1. The summed E-state index contributed by atoms with van der Waals surface area (Å²) in [5.41, 5.74) is 0.744. The van der Waals surface area contributed by atoms with Gasteiger partial charge in [0, 0.05) is 17.3 Å². The number of thioether (sulfide) groups is 1. The molecule has 116 valence electrons. The first-order valence-electron chi connectivity index (χ1n) is 6.78. The Morgan fingerprint density at radius 1 is 1.27 bits per heavy atom. The Balaban J connectivity index is 2.07. The van der Waals surface area contributed by atoms with Gasteiger partial charge in [0.25, 0.3) is 5.56 Å². The molecule has 0 amide bonds. The third-order valence-corrected chi connectivity index (χ3v) is 3.79. The van der Waals surface area contributed by atoms with Crippen LogP contribution in [0.15, 0.2) is 34.2 Å². The number of aryl methyl sites for hydroxylation is 1. The van der Waals surface area contributed by atoms with E-state index in [9.17, 15) is 19.8 Å². The molecule has 3 N–H and O–H groups in total. The van der Waals surface area contributed by atoms with Crippen LogP contribution in [0, 0.1) is 0 Å². The van der Waals surface area contributed by atoms with Crippen molar-refractivity contribution in [2.45, 2.75) is 24.9 Å². The monoisotopic (exact) mass is 320 g/mol. The van der Waals surface area contributed by atoms with Crippen LogP contribution in [0.2, 0.25) is 0 Å². The summed E-state index contributed by atoms with van der Waals surface area (Å²) in [5, 5.41) is 19.0. The third kappa shape index (κ3) is 4.11. The molecule has 22 heavy (non-hydrogen) atoms. The number of benzene rings is 1. The summed E-state index contributed by atoms with van der Waals surface area (Å²) < 4.78 is 0. The summed E-state index contributed by atoms with van der Waals surface area (Å²) in [6.45, 7) is 2.00. The van der Waals surface area contributed by atoms with Crippen molar-refractivity contribution < 1.29 is 15.0 Å². The van der Waals surface area contributed by atoms with Gasteiger partial charge in [-0.15, -0.1) is 0 Å². The first kappa shape index (κ1) is 16.1. The topological polar surface area (TPSA) is 103 Å². The zero-order valence-electron chi connectivity index (χ0n) is 12.0. The van der Waals surface area contributed by atoms with Crippen molar-refractivity contribution in [3.63, 3.8) is 0 Å². The van der Waals surface area contributed by atoms with E-state index in [4.69, 9.17) is 0 Å². The molecule has 0 aliphatic carbocycles. The molecule has 0 fully saturated rings. The van der Waals surface area contributed by atoms with Crippen LogP contribution in [-0.2, 0) is 6.42 Å². The van der Waals surface area contributed by atoms with E-state index in [1.807, 2.05) is 6.92 Å². The van der Waals surface area contributed by atoms with Gasteiger partial charge in [-0.2, -0.15) is 0 Å². The van der Waals surface area contributed by atoms with Gasteiger partial charge in [0.15, 0.2) is 22.4 Å². The first-order chi connectivity index (χ1) is 10.5. The summed E-state index contributed by atoms with van der Waals surface area (Å²) in [6.07, 6.45) is 1.59. The number of aromatic amines is 1. The summed E-state index contributed by atoms with van der Waals surface area (Å²) in [6, 6.07) is 5.35. The van der Waals surface area contributed by atoms with Crippen molar-refractivity contribution in [2.75, 3.05) is 5.75 Å². The van der Waals surface area contributed by atoms with Crippen LogP contribution >= 0.6 is 11.8 Å². The smallest absolute Gasteiger partial charge is 0.251 e.